The zero-order chi connectivity index (χ0) is 14.6. The highest BCUT2D eigenvalue weighted by atomic mass is 32.2. The molecule has 0 bridgehead atoms. The second-order valence-electron chi connectivity index (χ2n) is 4.56. The van der Waals surface area contributed by atoms with Crippen molar-refractivity contribution in [2.45, 2.75) is 32.6 Å². The van der Waals surface area contributed by atoms with Gasteiger partial charge in [0, 0.05) is 52.7 Å². The lowest BCUT2D eigenvalue weighted by molar-refractivity contribution is -0.386. The van der Waals surface area contributed by atoms with Crippen molar-refractivity contribution in [2.75, 3.05) is 12.8 Å². The first-order chi connectivity index (χ1) is 8.84. The normalized spacial score (nSPS) is 14.1. The molecule has 0 aliphatic rings. The van der Waals surface area contributed by atoms with Gasteiger partial charge in [0.25, 0.3) is 5.69 Å². The summed E-state index contributed by atoms with van der Waals surface area (Å²) in [6.45, 7) is 6.30. The molecular formula is C12H19N3O3S. The largest absolute Gasteiger partial charge is 0.310 e. The van der Waals surface area contributed by atoms with E-state index in [0.717, 1.165) is 0 Å². The maximum Gasteiger partial charge on any atom is 0.278 e. The molecule has 2 unspecified atom stereocenters. The fourth-order valence-electron chi connectivity index (χ4n) is 1.74. The number of aryl methyl sites for hydroxylation is 1. The summed E-state index contributed by atoms with van der Waals surface area (Å²) in [6.07, 6.45) is 3.18. The Balaban J connectivity index is 2.78. The van der Waals surface area contributed by atoms with Gasteiger partial charge in [-0.1, -0.05) is 0 Å². The molecule has 1 aromatic heterocycles. The lowest BCUT2D eigenvalue weighted by Crippen LogP contribution is -2.27. The number of nitrogens with one attached hydrogen (secondary N) is 1. The third-order valence-electron chi connectivity index (χ3n) is 3.05. The summed E-state index contributed by atoms with van der Waals surface area (Å²) < 4.78 is 11.2. The van der Waals surface area contributed by atoms with Crippen molar-refractivity contribution < 1.29 is 9.13 Å². The van der Waals surface area contributed by atoms with E-state index in [-0.39, 0.29) is 15.9 Å². The Morgan fingerprint density at radius 1 is 1.53 bits per heavy atom. The number of hydrogen-bond acceptors (Lipinski definition) is 5. The van der Waals surface area contributed by atoms with Crippen LogP contribution in [0.1, 0.15) is 23.7 Å². The molecule has 106 valence electrons. The summed E-state index contributed by atoms with van der Waals surface area (Å²) in [4.78, 5) is 14.8. The van der Waals surface area contributed by atoms with Gasteiger partial charge < -0.3 is 5.32 Å². The van der Waals surface area contributed by atoms with E-state index in [9.17, 15) is 14.3 Å². The molecule has 1 rings (SSSR count). The third-order valence-corrected chi connectivity index (χ3v) is 4.35. The summed E-state index contributed by atoms with van der Waals surface area (Å²) in [5.74, 6) is 0. The molecule has 0 aliphatic carbocycles. The SMILES string of the molecule is Cc1cnc(CNCC(C)S(C)=O)c(C)c1[N+](=O)[O-]. The van der Waals surface area contributed by atoms with Crippen LogP contribution in [0.15, 0.2) is 6.20 Å². The second kappa shape index (κ2) is 6.72. The van der Waals surface area contributed by atoms with E-state index >= 15 is 0 Å². The highest BCUT2D eigenvalue weighted by Crippen LogP contribution is 2.23. The molecule has 0 radical (unpaired) electrons. The van der Waals surface area contributed by atoms with Crippen molar-refractivity contribution in [3.63, 3.8) is 0 Å². The van der Waals surface area contributed by atoms with Crippen LogP contribution in [0.4, 0.5) is 5.69 Å². The quantitative estimate of drug-likeness (QED) is 0.632. The summed E-state index contributed by atoms with van der Waals surface area (Å²) >= 11 is 0. The summed E-state index contributed by atoms with van der Waals surface area (Å²) in [5, 5.41) is 14.2. The molecule has 1 N–H and O–H groups in total. The van der Waals surface area contributed by atoms with Gasteiger partial charge in [-0.2, -0.15) is 0 Å². The summed E-state index contributed by atoms with van der Waals surface area (Å²) in [7, 11) is -0.880. The molecule has 0 amide bonds. The molecule has 1 heterocycles. The molecule has 7 heteroatoms. The molecule has 1 aromatic rings. The smallest absolute Gasteiger partial charge is 0.278 e. The lowest BCUT2D eigenvalue weighted by Gasteiger charge is -2.11. The average molecular weight is 285 g/mol. The van der Waals surface area contributed by atoms with Crippen molar-refractivity contribution in [3.05, 3.63) is 33.1 Å². The van der Waals surface area contributed by atoms with Crippen molar-refractivity contribution >= 4 is 16.5 Å². The number of aromatic nitrogens is 1. The predicted octanol–water partition coefficient (Wildman–Crippen LogP) is 1.46. The molecule has 0 spiro atoms. The summed E-state index contributed by atoms with van der Waals surface area (Å²) in [6, 6.07) is 0. The van der Waals surface area contributed by atoms with Gasteiger partial charge >= 0.3 is 0 Å². The van der Waals surface area contributed by atoms with Crippen LogP contribution in [0.2, 0.25) is 0 Å². The lowest BCUT2D eigenvalue weighted by atomic mass is 10.1. The Morgan fingerprint density at radius 3 is 2.68 bits per heavy atom. The minimum absolute atomic E-state index is 0.0424. The van der Waals surface area contributed by atoms with E-state index in [2.05, 4.69) is 10.3 Å². The number of nitro groups is 1. The fraction of sp³-hybridized carbons (Fsp3) is 0.583. The molecule has 6 nitrogen and oxygen atoms in total. The topological polar surface area (TPSA) is 85.1 Å². The van der Waals surface area contributed by atoms with Gasteiger partial charge in [0.05, 0.1) is 10.6 Å². The zero-order valence-electron chi connectivity index (χ0n) is 11.6. The van der Waals surface area contributed by atoms with Gasteiger partial charge in [-0.15, -0.1) is 0 Å². The van der Waals surface area contributed by atoms with Crippen LogP contribution < -0.4 is 5.32 Å². The van der Waals surface area contributed by atoms with Gasteiger partial charge in [0.15, 0.2) is 0 Å². The minimum Gasteiger partial charge on any atom is -0.310 e. The number of hydrogen-bond donors (Lipinski definition) is 1. The van der Waals surface area contributed by atoms with Crippen LogP contribution in [-0.4, -0.2) is 32.2 Å². The first kappa shape index (κ1) is 15.7. The van der Waals surface area contributed by atoms with Gasteiger partial charge in [0.2, 0.25) is 0 Å². The highest BCUT2D eigenvalue weighted by Gasteiger charge is 2.18. The van der Waals surface area contributed by atoms with E-state index < -0.39 is 10.8 Å². The molecule has 19 heavy (non-hydrogen) atoms. The average Bonchev–Trinajstić information content (AvgIpc) is 2.31. The van der Waals surface area contributed by atoms with Crippen LogP contribution in [0.5, 0.6) is 0 Å². The first-order valence-electron chi connectivity index (χ1n) is 5.97. The Morgan fingerprint density at radius 2 is 2.16 bits per heavy atom. The Hall–Kier alpha value is -1.34. The fourth-order valence-corrected chi connectivity index (χ4v) is 2.09. The van der Waals surface area contributed by atoms with Crippen molar-refractivity contribution in [1.82, 2.24) is 10.3 Å². The Labute approximate surface area is 115 Å². The third kappa shape index (κ3) is 4.07. The highest BCUT2D eigenvalue weighted by molar-refractivity contribution is 7.84. The zero-order valence-corrected chi connectivity index (χ0v) is 12.4. The van der Waals surface area contributed by atoms with Crippen LogP contribution >= 0.6 is 0 Å². The van der Waals surface area contributed by atoms with Gasteiger partial charge in [-0.25, -0.2) is 0 Å². The molecule has 0 aliphatic heterocycles. The van der Waals surface area contributed by atoms with E-state index in [0.29, 0.717) is 29.9 Å². The minimum atomic E-state index is -0.880. The van der Waals surface area contributed by atoms with Crippen molar-refractivity contribution in [3.8, 4) is 0 Å². The van der Waals surface area contributed by atoms with E-state index in [1.54, 1.807) is 20.1 Å². The molecule has 0 saturated carbocycles. The van der Waals surface area contributed by atoms with Gasteiger partial charge in [-0.05, 0) is 20.8 Å². The molecule has 2 atom stereocenters. The van der Waals surface area contributed by atoms with Crippen LogP contribution in [0, 0.1) is 24.0 Å². The standard InChI is InChI=1S/C12H19N3O3S/c1-8-5-14-11(10(3)12(8)15(16)17)7-13-6-9(2)19(4)18/h5,9,13H,6-7H2,1-4H3. The molecule has 0 saturated heterocycles. The van der Waals surface area contributed by atoms with Crippen LogP contribution in [0.25, 0.3) is 0 Å². The Kier molecular flexibility index (Phi) is 5.56. The van der Waals surface area contributed by atoms with E-state index in [1.165, 1.54) is 6.20 Å². The predicted molar refractivity (Wildman–Crippen MR) is 75.6 cm³/mol. The molecular weight excluding hydrogens is 266 g/mol. The number of pyridine rings is 1. The monoisotopic (exact) mass is 285 g/mol. The van der Waals surface area contributed by atoms with E-state index in [4.69, 9.17) is 0 Å². The van der Waals surface area contributed by atoms with E-state index in [1.807, 2.05) is 6.92 Å². The van der Waals surface area contributed by atoms with Crippen LogP contribution in [-0.2, 0) is 17.3 Å². The summed E-state index contributed by atoms with van der Waals surface area (Å²) in [5.41, 5.74) is 1.93. The second-order valence-corrected chi connectivity index (χ2v) is 6.36. The first-order valence-corrected chi connectivity index (χ1v) is 7.59. The maximum atomic E-state index is 11.2. The molecule has 0 fully saturated rings. The van der Waals surface area contributed by atoms with Crippen molar-refractivity contribution in [1.29, 1.82) is 0 Å². The maximum absolute atomic E-state index is 11.2. The van der Waals surface area contributed by atoms with Gasteiger partial charge in [0.1, 0.15) is 0 Å². The van der Waals surface area contributed by atoms with Gasteiger partial charge in [-0.3, -0.25) is 19.3 Å². The molecule has 0 aromatic carbocycles. The number of nitrogens with zero attached hydrogens (tertiary/aromatic N) is 2. The Bertz CT molecular complexity index is 505. The van der Waals surface area contributed by atoms with Crippen molar-refractivity contribution in [2.24, 2.45) is 0 Å². The number of rotatable bonds is 6. The van der Waals surface area contributed by atoms with Crippen LogP contribution in [0.3, 0.4) is 0 Å².